The van der Waals surface area contributed by atoms with Gasteiger partial charge in [-0.1, -0.05) is 30.9 Å². The average Bonchev–Trinajstić information content (AvgIpc) is 2.43. The number of anilines is 1. The highest BCUT2D eigenvalue weighted by molar-refractivity contribution is 6.32. The maximum absolute atomic E-state index is 12.5. The third kappa shape index (κ3) is 2.90. The van der Waals surface area contributed by atoms with E-state index in [0.29, 0.717) is 17.4 Å². The Morgan fingerprint density at radius 3 is 2.74 bits per heavy atom. The van der Waals surface area contributed by atoms with Gasteiger partial charge in [0, 0.05) is 12.7 Å². The topological polar surface area (TPSA) is 68.0 Å². The first-order chi connectivity index (χ1) is 9.09. The average molecular weight is 282 g/mol. The first kappa shape index (κ1) is 14.3. The van der Waals surface area contributed by atoms with Gasteiger partial charge in [0.25, 0.3) is 0 Å². The summed E-state index contributed by atoms with van der Waals surface area (Å²) < 4.78 is 0. The number of nitrogens with two attached hydrogens (primary N) is 1. The van der Waals surface area contributed by atoms with Gasteiger partial charge in [0.05, 0.1) is 11.1 Å². The van der Waals surface area contributed by atoms with Crippen LogP contribution < -0.4 is 11.1 Å². The quantitative estimate of drug-likeness (QED) is 0.837. The lowest BCUT2D eigenvalue weighted by Crippen LogP contribution is -2.44. The summed E-state index contributed by atoms with van der Waals surface area (Å²) in [7, 11) is 0. The number of rotatable bonds is 3. The molecule has 1 aliphatic carbocycles. The Balaban J connectivity index is 2.20. The molecule has 1 amide bonds. The molecule has 1 saturated carbocycles. The number of amides is 1. The summed E-state index contributed by atoms with van der Waals surface area (Å²) >= 11 is 6.04. The molecule has 0 bridgehead atoms. The van der Waals surface area contributed by atoms with Gasteiger partial charge in [0.2, 0.25) is 5.91 Å². The summed E-state index contributed by atoms with van der Waals surface area (Å²) in [6, 6.07) is 1.83. The van der Waals surface area contributed by atoms with Crippen molar-refractivity contribution in [2.75, 3.05) is 11.9 Å². The third-order valence-corrected chi connectivity index (χ3v) is 4.32. The number of nitrogens with zero attached hydrogens (tertiary/aromatic N) is 1. The van der Waals surface area contributed by atoms with Gasteiger partial charge < -0.3 is 11.1 Å². The van der Waals surface area contributed by atoms with Crippen LogP contribution in [0.1, 0.15) is 37.7 Å². The first-order valence-corrected chi connectivity index (χ1v) is 7.09. The van der Waals surface area contributed by atoms with E-state index in [-0.39, 0.29) is 5.91 Å². The van der Waals surface area contributed by atoms with E-state index in [1.807, 2.05) is 13.0 Å². The highest BCUT2D eigenvalue weighted by atomic mass is 35.5. The highest BCUT2D eigenvalue weighted by Gasteiger charge is 2.38. The molecule has 0 spiro atoms. The minimum absolute atomic E-state index is 0.0206. The fourth-order valence-corrected chi connectivity index (χ4v) is 2.93. The van der Waals surface area contributed by atoms with Crippen LogP contribution in [0.2, 0.25) is 5.15 Å². The van der Waals surface area contributed by atoms with Crippen molar-refractivity contribution >= 4 is 23.2 Å². The van der Waals surface area contributed by atoms with Crippen molar-refractivity contribution in [2.24, 2.45) is 11.1 Å². The van der Waals surface area contributed by atoms with Crippen molar-refractivity contribution in [3.05, 3.63) is 23.0 Å². The molecule has 1 aromatic rings. The molecule has 1 aromatic heterocycles. The molecule has 4 nitrogen and oxygen atoms in total. The van der Waals surface area contributed by atoms with Crippen LogP contribution in [-0.2, 0) is 4.79 Å². The second-order valence-corrected chi connectivity index (χ2v) is 5.65. The van der Waals surface area contributed by atoms with Crippen molar-refractivity contribution in [3.63, 3.8) is 0 Å². The summed E-state index contributed by atoms with van der Waals surface area (Å²) in [5, 5.41) is 3.26. The number of halogens is 1. The summed E-state index contributed by atoms with van der Waals surface area (Å²) in [5.74, 6) is -0.0206. The summed E-state index contributed by atoms with van der Waals surface area (Å²) in [6.07, 6.45) is 6.64. The van der Waals surface area contributed by atoms with Gasteiger partial charge in [-0.05, 0) is 31.4 Å². The van der Waals surface area contributed by atoms with Gasteiger partial charge in [-0.15, -0.1) is 0 Å². The van der Waals surface area contributed by atoms with Crippen LogP contribution in [0.3, 0.4) is 0 Å². The first-order valence-electron chi connectivity index (χ1n) is 6.72. The number of aryl methyl sites for hydroxylation is 1. The lowest BCUT2D eigenvalue weighted by Gasteiger charge is -2.34. The van der Waals surface area contributed by atoms with Gasteiger partial charge in [0.15, 0.2) is 5.15 Å². The van der Waals surface area contributed by atoms with Crippen LogP contribution >= 0.6 is 11.6 Å². The van der Waals surface area contributed by atoms with Gasteiger partial charge in [-0.25, -0.2) is 4.98 Å². The monoisotopic (exact) mass is 281 g/mol. The number of hydrogen-bond donors (Lipinski definition) is 2. The molecule has 1 heterocycles. The van der Waals surface area contributed by atoms with E-state index >= 15 is 0 Å². The fraction of sp³-hybridized carbons (Fsp3) is 0.571. The summed E-state index contributed by atoms with van der Waals surface area (Å²) in [4.78, 5) is 16.6. The molecule has 5 heteroatoms. The molecule has 0 unspecified atom stereocenters. The van der Waals surface area contributed by atoms with Crippen molar-refractivity contribution in [1.29, 1.82) is 0 Å². The summed E-state index contributed by atoms with van der Waals surface area (Å²) in [5.41, 5.74) is 6.94. The van der Waals surface area contributed by atoms with Crippen LogP contribution in [0.15, 0.2) is 12.3 Å². The number of aromatic nitrogens is 1. The SMILES string of the molecule is Cc1ccnc(Cl)c1NC(=O)C1(CN)CCCCC1. The molecule has 0 aliphatic heterocycles. The normalized spacial score (nSPS) is 18.1. The molecular formula is C14H20ClN3O. The lowest BCUT2D eigenvalue weighted by atomic mass is 9.73. The van der Waals surface area contributed by atoms with E-state index in [9.17, 15) is 4.79 Å². The summed E-state index contributed by atoms with van der Waals surface area (Å²) in [6.45, 7) is 2.29. The maximum Gasteiger partial charge on any atom is 0.231 e. The van der Waals surface area contributed by atoms with Crippen LogP contribution in [0, 0.1) is 12.3 Å². The Morgan fingerprint density at radius 2 is 2.16 bits per heavy atom. The minimum atomic E-state index is -0.441. The lowest BCUT2D eigenvalue weighted by molar-refractivity contribution is -0.126. The molecular weight excluding hydrogens is 262 g/mol. The largest absolute Gasteiger partial charge is 0.329 e. The zero-order valence-electron chi connectivity index (χ0n) is 11.2. The van der Waals surface area contributed by atoms with E-state index in [1.54, 1.807) is 6.20 Å². The zero-order valence-corrected chi connectivity index (χ0v) is 12.0. The number of carbonyl (C=O) groups is 1. The molecule has 0 saturated heterocycles. The van der Waals surface area contributed by atoms with Crippen molar-refractivity contribution in [2.45, 2.75) is 39.0 Å². The second kappa shape index (κ2) is 5.88. The van der Waals surface area contributed by atoms with Crippen molar-refractivity contribution in [1.82, 2.24) is 4.98 Å². The molecule has 0 atom stereocenters. The van der Waals surface area contributed by atoms with E-state index < -0.39 is 5.41 Å². The molecule has 1 aliphatic rings. The minimum Gasteiger partial charge on any atom is -0.329 e. The Bertz CT molecular complexity index is 450. The van der Waals surface area contributed by atoms with E-state index in [2.05, 4.69) is 10.3 Å². The Hall–Kier alpha value is -1.13. The standard InChI is InChI=1S/C14H20ClN3O/c1-10-5-8-17-12(15)11(10)18-13(19)14(9-16)6-3-2-4-7-14/h5,8H,2-4,6-7,9,16H2,1H3,(H,18,19). The Morgan fingerprint density at radius 1 is 1.47 bits per heavy atom. The van der Waals surface area contributed by atoms with Crippen LogP contribution in [0.4, 0.5) is 5.69 Å². The maximum atomic E-state index is 12.5. The second-order valence-electron chi connectivity index (χ2n) is 5.29. The molecule has 3 N–H and O–H groups in total. The van der Waals surface area contributed by atoms with Gasteiger partial charge in [0.1, 0.15) is 0 Å². The predicted octanol–water partition coefficient (Wildman–Crippen LogP) is 2.89. The number of carbonyl (C=O) groups excluding carboxylic acids is 1. The van der Waals surface area contributed by atoms with Crippen LogP contribution in [0.5, 0.6) is 0 Å². The predicted molar refractivity (Wildman–Crippen MR) is 77.2 cm³/mol. The van der Waals surface area contributed by atoms with Gasteiger partial charge in [-0.2, -0.15) is 0 Å². The van der Waals surface area contributed by atoms with Crippen molar-refractivity contribution in [3.8, 4) is 0 Å². The van der Waals surface area contributed by atoms with Crippen molar-refractivity contribution < 1.29 is 4.79 Å². The molecule has 1 fully saturated rings. The van der Waals surface area contributed by atoms with Crippen LogP contribution in [-0.4, -0.2) is 17.4 Å². The van der Waals surface area contributed by atoms with Gasteiger partial charge >= 0.3 is 0 Å². The number of nitrogens with one attached hydrogen (secondary N) is 1. The van der Waals surface area contributed by atoms with E-state index in [4.69, 9.17) is 17.3 Å². The van der Waals surface area contributed by atoms with Crippen LogP contribution in [0.25, 0.3) is 0 Å². The fourth-order valence-electron chi connectivity index (χ4n) is 2.67. The van der Waals surface area contributed by atoms with E-state index in [1.165, 1.54) is 6.42 Å². The molecule has 104 valence electrons. The highest BCUT2D eigenvalue weighted by Crippen LogP contribution is 2.37. The number of hydrogen-bond acceptors (Lipinski definition) is 3. The zero-order chi connectivity index (χ0) is 13.9. The molecule has 19 heavy (non-hydrogen) atoms. The smallest absolute Gasteiger partial charge is 0.231 e. The molecule has 0 radical (unpaired) electrons. The number of pyridine rings is 1. The molecule has 0 aromatic carbocycles. The third-order valence-electron chi connectivity index (χ3n) is 4.03. The van der Waals surface area contributed by atoms with Gasteiger partial charge in [-0.3, -0.25) is 4.79 Å². The van der Waals surface area contributed by atoms with E-state index in [0.717, 1.165) is 31.2 Å². The molecule has 2 rings (SSSR count). The Labute approximate surface area is 118 Å². The Kier molecular flexibility index (Phi) is 4.42.